The molecule has 9 amide bonds. The highest BCUT2D eigenvalue weighted by Gasteiger charge is 2.24. The lowest BCUT2D eigenvalue weighted by Gasteiger charge is -2.20. The fourth-order valence-corrected chi connectivity index (χ4v) is 7.89. The number of alkyl carbamates (subject to hydrolysis) is 2. The van der Waals surface area contributed by atoms with Crippen molar-refractivity contribution in [1.82, 2.24) is 47.9 Å². The molecule has 0 aliphatic heterocycles. The molecule has 0 aliphatic rings. The summed E-state index contributed by atoms with van der Waals surface area (Å²) in [6, 6.07) is 7.54. The second kappa shape index (κ2) is 63.8. The molecule has 122 heavy (non-hydrogen) atoms. The summed E-state index contributed by atoms with van der Waals surface area (Å²) in [4.78, 5) is 103. The highest BCUT2D eigenvalue weighted by atomic mass is 16.6. The Hall–Kier alpha value is -7.07. The van der Waals surface area contributed by atoms with Crippen molar-refractivity contribution in [2.75, 3.05) is 79.1 Å². The van der Waals surface area contributed by atoms with Crippen LogP contribution in [0.2, 0.25) is 0 Å². The molecule has 0 heterocycles. The zero-order chi connectivity index (χ0) is 93.3. The second-order valence-electron chi connectivity index (χ2n) is 46.6. The molecule has 0 saturated heterocycles. The predicted molar refractivity (Wildman–Crippen MR) is 520 cm³/mol. The van der Waals surface area contributed by atoms with Crippen LogP contribution >= 0.6 is 0 Å². The van der Waals surface area contributed by atoms with Gasteiger partial charge in [0.25, 0.3) is 0 Å². The number of rotatable bonds is 25. The van der Waals surface area contributed by atoms with Gasteiger partial charge in [-0.2, -0.15) is 0 Å². The number of ether oxygens (including phenoxy) is 4. The van der Waals surface area contributed by atoms with Gasteiger partial charge in [-0.3, -0.25) is 33.6 Å². The molecule has 22 heteroatoms. The van der Waals surface area contributed by atoms with Gasteiger partial charge in [0.15, 0.2) is 0 Å². The SMILES string of the molecule is C.C.C.C.C.CC(C)(C)C#CCNC(=O)C(C)(C)C.CC(C)(C)C#CCNC(=O)COCC(C)(C)C.CC(C)(C)CC(=O)NCNC(=O)CC(C)(C)C.CC(C)(C)CCNC(=O)CC(C)(C)C.CC(C)(C)CCNC(=O)OCC(C)(C)C.CC(C)(C)CCOC(=O)NCC(C)(C)C.CC(C)(C)COc1cccc(CC(=O)NCNC(=O)CC(C)(C)C)c1. The van der Waals surface area contributed by atoms with E-state index in [2.05, 4.69) is 217 Å². The Balaban J connectivity index is -0.000000131. The number of nitrogens with one attached hydrogen (secondary N) is 9. The molecule has 1 rings (SSSR count). The first-order valence-electron chi connectivity index (χ1n) is 42.0. The van der Waals surface area contributed by atoms with Crippen molar-refractivity contribution in [2.45, 2.75) is 379 Å². The molecule has 0 unspecified atom stereocenters. The molecule has 1 aromatic carbocycles. The molecule has 0 radical (unpaired) electrons. The van der Waals surface area contributed by atoms with Crippen molar-refractivity contribution < 1.29 is 62.1 Å². The Morgan fingerprint density at radius 2 is 0.672 bits per heavy atom. The van der Waals surface area contributed by atoms with Crippen molar-refractivity contribution in [1.29, 1.82) is 0 Å². The third-order valence-corrected chi connectivity index (χ3v) is 13.8. The first-order valence-corrected chi connectivity index (χ1v) is 42.0. The molecule has 0 fully saturated rings. The molecule has 22 nitrogen and oxygen atoms in total. The van der Waals surface area contributed by atoms with E-state index in [1.807, 2.05) is 170 Å². The minimum Gasteiger partial charge on any atom is -0.493 e. The molecule has 9 N–H and O–H groups in total. The van der Waals surface area contributed by atoms with E-state index in [4.69, 9.17) is 18.9 Å². The number of carbonyl (C=O) groups is 9. The van der Waals surface area contributed by atoms with Gasteiger partial charge < -0.3 is 66.8 Å². The van der Waals surface area contributed by atoms with Crippen LogP contribution in [-0.2, 0) is 54.2 Å². The highest BCUT2D eigenvalue weighted by molar-refractivity contribution is 5.82. The van der Waals surface area contributed by atoms with Crippen LogP contribution in [0, 0.1) is 99.5 Å². The van der Waals surface area contributed by atoms with Gasteiger partial charge in [-0.1, -0.05) is 322 Å². The Morgan fingerprint density at radius 1 is 0.328 bits per heavy atom. The van der Waals surface area contributed by atoms with E-state index in [1.54, 1.807) is 0 Å². The lowest BCUT2D eigenvalue weighted by molar-refractivity contribution is -0.128. The molecule has 0 spiro atoms. The van der Waals surface area contributed by atoms with Crippen molar-refractivity contribution in [3.8, 4) is 29.4 Å². The normalized spacial score (nSPS) is 11.6. The molecule has 1 aromatic rings. The van der Waals surface area contributed by atoms with Crippen LogP contribution < -0.4 is 52.6 Å². The van der Waals surface area contributed by atoms with Gasteiger partial charge in [-0.25, -0.2) is 9.59 Å². The van der Waals surface area contributed by atoms with Crippen LogP contribution in [0.4, 0.5) is 9.59 Å². The zero-order valence-electron chi connectivity index (χ0n) is 82.8. The Bertz CT molecular complexity index is 3070. The van der Waals surface area contributed by atoms with Gasteiger partial charge in [-0.05, 0) is 138 Å². The highest BCUT2D eigenvalue weighted by Crippen LogP contribution is 2.25. The summed E-state index contributed by atoms with van der Waals surface area (Å²) in [5.41, 5.74) is 1.56. The van der Waals surface area contributed by atoms with E-state index in [9.17, 15) is 43.2 Å². The third-order valence-electron chi connectivity index (χ3n) is 13.8. The van der Waals surface area contributed by atoms with Crippen LogP contribution in [0.25, 0.3) is 0 Å². The summed E-state index contributed by atoms with van der Waals surface area (Å²) in [5.74, 6) is 12.6. The average Bonchev–Trinajstić information content (AvgIpc) is 0.881. The topological polar surface area (TPSA) is 299 Å². The summed E-state index contributed by atoms with van der Waals surface area (Å²) < 4.78 is 21.2. The lowest BCUT2D eigenvalue weighted by atomic mass is 9.91. The number of hydrogen-bond donors (Lipinski definition) is 9. The smallest absolute Gasteiger partial charge is 0.407 e. The first-order chi connectivity index (χ1) is 52.0. The summed E-state index contributed by atoms with van der Waals surface area (Å²) in [7, 11) is 0. The molecule has 0 aliphatic carbocycles. The van der Waals surface area contributed by atoms with Crippen molar-refractivity contribution >= 4 is 53.5 Å². The number of benzene rings is 1. The largest absolute Gasteiger partial charge is 0.493 e. The second-order valence-corrected chi connectivity index (χ2v) is 46.6. The van der Waals surface area contributed by atoms with Gasteiger partial charge in [0, 0.05) is 61.6 Å². The summed E-state index contributed by atoms with van der Waals surface area (Å²) in [6.45, 7) is 91.9. The molecule has 0 aromatic heterocycles. The van der Waals surface area contributed by atoms with Gasteiger partial charge in [0.05, 0.1) is 59.3 Å². The Morgan fingerprint density at radius 3 is 1.01 bits per heavy atom. The lowest BCUT2D eigenvalue weighted by Crippen LogP contribution is -2.39. The van der Waals surface area contributed by atoms with Gasteiger partial charge in [-0.15, -0.1) is 0 Å². The monoisotopic (exact) mass is 1730 g/mol. The number of carbonyl (C=O) groups excluding carboxylic acids is 9. The number of amides is 9. The molecule has 0 bridgehead atoms. The maximum Gasteiger partial charge on any atom is 0.407 e. The fourth-order valence-electron chi connectivity index (χ4n) is 7.89. The molecular weight excluding hydrogens is 1540 g/mol. The molecule has 0 atom stereocenters. The van der Waals surface area contributed by atoms with E-state index in [-0.39, 0.29) is 187 Å². The van der Waals surface area contributed by atoms with E-state index in [0.717, 1.165) is 37.1 Å². The number of hydrogen-bond acceptors (Lipinski definition) is 13. The predicted octanol–water partition coefficient (Wildman–Crippen LogP) is 22.3. The third kappa shape index (κ3) is 124. The molecule has 722 valence electrons. The van der Waals surface area contributed by atoms with Crippen molar-refractivity contribution in [2.24, 2.45) is 75.8 Å². The van der Waals surface area contributed by atoms with E-state index in [0.29, 0.717) is 83.7 Å². The van der Waals surface area contributed by atoms with Crippen LogP contribution in [0.15, 0.2) is 24.3 Å². The Kier molecular flexibility index (Phi) is 72.2. The zero-order valence-corrected chi connectivity index (χ0v) is 82.8. The van der Waals surface area contributed by atoms with E-state index in [1.165, 1.54) is 0 Å². The molecular formula is C100H199N9O13. The minimum absolute atomic E-state index is 0. The minimum atomic E-state index is -0.330. The van der Waals surface area contributed by atoms with Gasteiger partial charge in [0.1, 0.15) is 12.4 Å². The van der Waals surface area contributed by atoms with Crippen molar-refractivity contribution in [3.05, 3.63) is 29.8 Å². The quantitative estimate of drug-likeness (QED) is 0.0325. The van der Waals surface area contributed by atoms with Gasteiger partial charge in [0.2, 0.25) is 41.4 Å². The standard InChI is InChI=1S/C20H32N2O3.C14H25NO2.C13H26N2O2.2C12H25NO2.C12H25NO.C12H21NO.5CH4/c1-19(2,3)12-18(24)22-14-21-17(23)11-15-8-7-9-16(10-15)25-13-20(4,5)6;1-13(2,3)8-7-9-15-12(16)10-17-11-14(4,5)6;1-12(2,3)7-10(16)14-9-15-11(17)8-13(4,5)6;1-11(2,3)7-8-15-10(14)13-9-12(4,5)6;1-11(2,3)7-8-13-10(14)15-9-12(4,5)6;1-11(2,3)7-8-13-10(14)9-12(4,5)6;1-11(2,3)8-7-9-13-10(14)12(4,5)6;;;;;/h7-10H,11-14H2,1-6H3,(H,21,23)(H,22,24);9-11H2,1-6H3,(H,15,16);7-9H2,1-6H3,(H,14,16)(H,15,17);2*7-9H2,1-6H3,(H,13,14);7-9H2,1-6H3,(H,13,14);9H2,1-6H3,(H,13,14);5*1H4. The maximum atomic E-state index is 12.0. The van der Waals surface area contributed by atoms with Crippen LogP contribution in [0.5, 0.6) is 5.75 Å². The Labute approximate surface area is 753 Å². The van der Waals surface area contributed by atoms with E-state index >= 15 is 0 Å². The van der Waals surface area contributed by atoms with Crippen LogP contribution in [0.3, 0.4) is 0 Å². The van der Waals surface area contributed by atoms with Crippen LogP contribution in [-0.4, -0.2) is 133 Å². The first kappa shape index (κ1) is 138. The van der Waals surface area contributed by atoms with Gasteiger partial charge >= 0.3 is 12.2 Å². The maximum absolute atomic E-state index is 12.0. The summed E-state index contributed by atoms with van der Waals surface area (Å²) >= 11 is 0. The molecule has 0 saturated carbocycles. The fraction of sp³-hybridized carbons (Fsp3) is 0.810. The summed E-state index contributed by atoms with van der Waals surface area (Å²) in [5, 5.41) is 24.7. The summed E-state index contributed by atoms with van der Waals surface area (Å²) in [6.07, 6.45) is 4.46. The average molecular weight is 1740 g/mol. The van der Waals surface area contributed by atoms with E-state index < -0.39 is 0 Å². The van der Waals surface area contributed by atoms with Crippen molar-refractivity contribution in [3.63, 3.8) is 0 Å². The van der Waals surface area contributed by atoms with Crippen LogP contribution in [0.1, 0.15) is 378 Å².